The molecule has 29 heavy (non-hydrogen) atoms. The highest BCUT2D eigenvalue weighted by molar-refractivity contribution is 5.90. The van der Waals surface area contributed by atoms with E-state index in [9.17, 15) is 23.5 Å². The number of aromatic hydroxyl groups is 1. The first kappa shape index (κ1) is 20.1. The van der Waals surface area contributed by atoms with Crippen molar-refractivity contribution < 1.29 is 37.3 Å². The van der Waals surface area contributed by atoms with E-state index in [-0.39, 0.29) is 41.6 Å². The van der Waals surface area contributed by atoms with Crippen molar-refractivity contribution in [1.82, 2.24) is 0 Å². The van der Waals surface area contributed by atoms with Gasteiger partial charge in [-0.3, -0.25) is 0 Å². The summed E-state index contributed by atoms with van der Waals surface area (Å²) in [7, 11) is 0. The minimum absolute atomic E-state index is 0.0245. The summed E-state index contributed by atoms with van der Waals surface area (Å²) in [6, 6.07) is 9.07. The molecule has 0 atom stereocenters. The van der Waals surface area contributed by atoms with Crippen LogP contribution >= 0.6 is 0 Å². The van der Waals surface area contributed by atoms with Crippen LogP contribution in [0, 0.1) is 0 Å². The predicted octanol–water partition coefficient (Wildman–Crippen LogP) is 3.86. The van der Waals surface area contributed by atoms with Crippen LogP contribution in [0.3, 0.4) is 0 Å². The number of carbonyl (C=O) groups is 1. The van der Waals surface area contributed by atoms with Crippen LogP contribution in [0.2, 0.25) is 0 Å². The molecule has 0 unspecified atom stereocenters. The van der Waals surface area contributed by atoms with Gasteiger partial charge in [-0.15, -0.1) is 0 Å². The number of ether oxygens (including phenoxy) is 3. The van der Waals surface area contributed by atoms with Gasteiger partial charge in [0.05, 0.1) is 12.2 Å². The molecule has 1 aromatic heterocycles. The molecular formula is C20H16F2O7. The molecule has 2 aromatic carbocycles. The Bertz CT molecular complexity index is 1090. The fraction of sp³-hybridized carbons (Fsp3) is 0.200. The highest BCUT2D eigenvalue weighted by atomic mass is 19.3. The van der Waals surface area contributed by atoms with Crippen molar-refractivity contribution in [1.29, 1.82) is 0 Å². The Labute approximate surface area is 163 Å². The molecule has 3 rings (SSSR count). The zero-order chi connectivity index (χ0) is 21.0. The quantitative estimate of drug-likeness (QED) is 0.470. The molecule has 3 aromatic rings. The molecule has 1 heterocycles. The fourth-order valence-electron chi connectivity index (χ4n) is 2.66. The maximum Gasteiger partial charge on any atom is 0.387 e. The molecule has 0 aliphatic rings. The van der Waals surface area contributed by atoms with E-state index in [2.05, 4.69) is 4.74 Å². The summed E-state index contributed by atoms with van der Waals surface area (Å²) in [5.74, 6) is -1.06. The third-order valence-corrected chi connectivity index (χ3v) is 3.87. The molecule has 0 amide bonds. The molecule has 9 heteroatoms. The van der Waals surface area contributed by atoms with Crippen molar-refractivity contribution in [2.75, 3.05) is 6.61 Å². The van der Waals surface area contributed by atoms with Crippen LogP contribution in [0.5, 0.6) is 17.2 Å². The van der Waals surface area contributed by atoms with Gasteiger partial charge in [-0.1, -0.05) is 0 Å². The van der Waals surface area contributed by atoms with E-state index in [1.54, 1.807) is 6.92 Å². The molecule has 0 bridgehead atoms. The number of halogens is 2. The third-order valence-electron chi connectivity index (χ3n) is 3.87. The van der Waals surface area contributed by atoms with Gasteiger partial charge in [0, 0.05) is 23.1 Å². The molecule has 152 valence electrons. The lowest BCUT2D eigenvalue weighted by Gasteiger charge is -2.13. The summed E-state index contributed by atoms with van der Waals surface area (Å²) in [5.41, 5.74) is -0.0794. The molecule has 0 saturated carbocycles. The summed E-state index contributed by atoms with van der Waals surface area (Å²) in [6.45, 7) is -1.45. The zero-order valence-electron chi connectivity index (χ0n) is 15.2. The number of rotatable bonds is 7. The van der Waals surface area contributed by atoms with Gasteiger partial charge >= 0.3 is 18.2 Å². The van der Waals surface area contributed by atoms with Crippen molar-refractivity contribution >= 4 is 16.9 Å². The molecule has 1 N–H and O–H groups in total. The number of hydrogen-bond donors (Lipinski definition) is 1. The summed E-state index contributed by atoms with van der Waals surface area (Å²) in [4.78, 5) is 24.1. The first-order chi connectivity index (χ1) is 13.9. The maximum absolute atomic E-state index is 12.5. The minimum Gasteiger partial charge on any atom is -0.508 e. The van der Waals surface area contributed by atoms with Gasteiger partial charge in [-0.25, -0.2) is 9.59 Å². The summed E-state index contributed by atoms with van der Waals surface area (Å²) in [5, 5.41) is 10.0. The summed E-state index contributed by atoms with van der Waals surface area (Å²) >= 11 is 0. The number of esters is 1. The second-order valence-electron chi connectivity index (χ2n) is 5.82. The maximum atomic E-state index is 12.5. The number of alkyl halides is 2. The molecule has 0 aliphatic carbocycles. The van der Waals surface area contributed by atoms with Crippen LogP contribution in [-0.2, 0) is 11.3 Å². The van der Waals surface area contributed by atoms with Gasteiger partial charge in [0.15, 0.2) is 11.5 Å². The van der Waals surface area contributed by atoms with E-state index in [0.717, 1.165) is 0 Å². The van der Waals surface area contributed by atoms with E-state index in [1.807, 2.05) is 0 Å². The van der Waals surface area contributed by atoms with Crippen LogP contribution in [0.15, 0.2) is 51.7 Å². The van der Waals surface area contributed by atoms with E-state index in [0.29, 0.717) is 10.9 Å². The lowest BCUT2D eigenvalue weighted by atomic mass is 10.1. The third kappa shape index (κ3) is 4.81. The SMILES string of the molecule is CCOc1cc(C(=O)OCc2cc(=O)oc3cc(O)ccc23)ccc1OC(F)F. The van der Waals surface area contributed by atoms with Gasteiger partial charge in [0.1, 0.15) is 17.9 Å². The van der Waals surface area contributed by atoms with E-state index in [4.69, 9.17) is 13.9 Å². The summed E-state index contributed by atoms with van der Waals surface area (Å²) < 4.78 is 44.8. The van der Waals surface area contributed by atoms with E-state index < -0.39 is 18.2 Å². The highest BCUT2D eigenvalue weighted by Crippen LogP contribution is 2.30. The van der Waals surface area contributed by atoms with Gasteiger partial charge in [0.2, 0.25) is 0 Å². The van der Waals surface area contributed by atoms with E-state index >= 15 is 0 Å². The molecular weight excluding hydrogens is 390 g/mol. The van der Waals surface area contributed by atoms with Gasteiger partial charge < -0.3 is 23.7 Å². The zero-order valence-corrected chi connectivity index (χ0v) is 15.2. The molecule has 7 nitrogen and oxygen atoms in total. The Morgan fingerprint density at radius 3 is 2.66 bits per heavy atom. The second kappa shape index (κ2) is 8.59. The van der Waals surface area contributed by atoms with Crippen molar-refractivity contribution in [3.05, 3.63) is 64.0 Å². The number of phenolic OH excluding ortho intramolecular Hbond substituents is 1. The number of hydrogen-bond acceptors (Lipinski definition) is 7. The van der Waals surface area contributed by atoms with Crippen molar-refractivity contribution in [3.8, 4) is 17.2 Å². The fourth-order valence-corrected chi connectivity index (χ4v) is 2.66. The second-order valence-corrected chi connectivity index (χ2v) is 5.82. The Balaban J connectivity index is 1.81. The first-order valence-corrected chi connectivity index (χ1v) is 8.52. The normalized spacial score (nSPS) is 10.9. The smallest absolute Gasteiger partial charge is 0.387 e. The van der Waals surface area contributed by atoms with Crippen LogP contribution in [0.1, 0.15) is 22.8 Å². The standard InChI is InChI=1S/C20H16F2O7/c1-2-26-17-7-11(3-6-15(17)29-20(21)22)19(25)27-10-12-8-18(24)28-16-9-13(23)4-5-14(12)16/h3-9,20,23H,2,10H2,1H3. The Kier molecular flexibility index (Phi) is 5.96. The number of carbonyl (C=O) groups excluding carboxylic acids is 1. The van der Waals surface area contributed by atoms with Crippen LogP contribution in [0.4, 0.5) is 8.78 Å². The van der Waals surface area contributed by atoms with Gasteiger partial charge in [-0.05, 0) is 37.3 Å². The average molecular weight is 406 g/mol. The monoisotopic (exact) mass is 406 g/mol. The van der Waals surface area contributed by atoms with Gasteiger partial charge in [-0.2, -0.15) is 8.78 Å². The number of fused-ring (bicyclic) bond motifs is 1. The molecule has 0 radical (unpaired) electrons. The Hall–Kier alpha value is -3.62. The summed E-state index contributed by atoms with van der Waals surface area (Å²) in [6.07, 6.45) is 0. The molecule has 0 fully saturated rings. The van der Waals surface area contributed by atoms with Crippen LogP contribution in [0.25, 0.3) is 11.0 Å². The van der Waals surface area contributed by atoms with Crippen molar-refractivity contribution in [2.24, 2.45) is 0 Å². The average Bonchev–Trinajstić information content (AvgIpc) is 2.66. The number of benzene rings is 2. The van der Waals surface area contributed by atoms with Crippen molar-refractivity contribution in [3.63, 3.8) is 0 Å². The Morgan fingerprint density at radius 1 is 1.14 bits per heavy atom. The predicted molar refractivity (Wildman–Crippen MR) is 97.5 cm³/mol. The molecule has 0 aliphatic heterocycles. The van der Waals surface area contributed by atoms with Crippen molar-refractivity contribution in [2.45, 2.75) is 20.1 Å². The lowest BCUT2D eigenvalue weighted by molar-refractivity contribution is -0.0514. The first-order valence-electron chi connectivity index (χ1n) is 8.52. The molecule has 0 spiro atoms. The van der Waals surface area contributed by atoms with E-state index in [1.165, 1.54) is 42.5 Å². The largest absolute Gasteiger partial charge is 0.508 e. The topological polar surface area (TPSA) is 95.2 Å². The minimum atomic E-state index is -3.04. The van der Waals surface area contributed by atoms with Gasteiger partial charge in [0.25, 0.3) is 0 Å². The molecule has 0 saturated heterocycles. The Morgan fingerprint density at radius 2 is 1.93 bits per heavy atom. The van der Waals surface area contributed by atoms with Crippen LogP contribution in [-0.4, -0.2) is 24.3 Å². The lowest BCUT2D eigenvalue weighted by Crippen LogP contribution is -2.09. The number of phenols is 1. The van der Waals surface area contributed by atoms with Crippen LogP contribution < -0.4 is 15.1 Å². The highest BCUT2D eigenvalue weighted by Gasteiger charge is 2.16.